The second-order valence-corrected chi connectivity index (χ2v) is 6.76. The van der Waals surface area contributed by atoms with Crippen molar-refractivity contribution in [2.75, 3.05) is 13.1 Å². The van der Waals surface area contributed by atoms with Gasteiger partial charge in [0, 0.05) is 44.6 Å². The molecule has 3 rings (SSSR count). The molecule has 2 amide bonds. The average molecular weight is 355 g/mol. The summed E-state index contributed by atoms with van der Waals surface area (Å²) in [6, 6.07) is 7.62. The van der Waals surface area contributed by atoms with Gasteiger partial charge >= 0.3 is 6.03 Å². The molecule has 7 nitrogen and oxygen atoms in total. The molecule has 1 unspecified atom stereocenters. The van der Waals surface area contributed by atoms with Gasteiger partial charge in [0.05, 0.1) is 11.4 Å². The normalized spacial score (nSPS) is 16.5. The lowest BCUT2D eigenvalue weighted by molar-refractivity contribution is 0.0533. The Morgan fingerprint density at radius 2 is 1.77 bits per heavy atom. The second kappa shape index (κ2) is 8.25. The standard InChI is InChI=1S/C19H25N5O2/c1-14-5-3-8-20-17(14)12-23(13-18-15(2)6-4-9-21-18)11-16-7-10-24(16)19(25)22-26/h3-6,8-9,16,26H,7,10-13H2,1-2H3,(H,22,25). The molecule has 2 aromatic heterocycles. The molecule has 0 aromatic carbocycles. The van der Waals surface area contributed by atoms with Crippen molar-refractivity contribution in [2.24, 2.45) is 0 Å². The maximum Gasteiger partial charge on any atom is 0.341 e. The van der Waals surface area contributed by atoms with Gasteiger partial charge in [0.25, 0.3) is 0 Å². The van der Waals surface area contributed by atoms with E-state index >= 15 is 0 Å². The lowest BCUT2D eigenvalue weighted by Gasteiger charge is -2.42. The van der Waals surface area contributed by atoms with Gasteiger partial charge in [0.1, 0.15) is 0 Å². The topological polar surface area (TPSA) is 81.6 Å². The summed E-state index contributed by atoms with van der Waals surface area (Å²) in [5.41, 5.74) is 6.08. The van der Waals surface area contributed by atoms with E-state index in [2.05, 4.69) is 40.8 Å². The van der Waals surface area contributed by atoms with Gasteiger partial charge in [0.15, 0.2) is 0 Å². The van der Waals surface area contributed by atoms with Gasteiger partial charge in [-0.15, -0.1) is 0 Å². The molecule has 7 heteroatoms. The number of hydrogen-bond acceptors (Lipinski definition) is 5. The second-order valence-electron chi connectivity index (χ2n) is 6.76. The van der Waals surface area contributed by atoms with Crippen LogP contribution in [0.2, 0.25) is 0 Å². The minimum atomic E-state index is -0.441. The molecule has 1 saturated heterocycles. The summed E-state index contributed by atoms with van der Waals surface area (Å²) in [7, 11) is 0. The summed E-state index contributed by atoms with van der Waals surface area (Å²) in [4.78, 5) is 24.7. The predicted molar refractivity (Wildman–Crippen MR) is 97.5 cm³/mol. The van der Waals surface area contributed by atoms with Crippen LogP contribution in [-0.2, 0) is 13.1 Å². The first-order chi connectivity index (χ1) is 12.6. The molecule has 1 aliphatic rings. The lowest BCUT2D eigenvalue weighted by atomic mass is 10.0. The molecule has 2 N–H and O–H groups in total. The Labute approximate surface area is 153 Å². The van der Waals surface area contributed by atoms with Crippen LogP contribution in [0.25, 0.3) is 0 Å². The van der Waals surface area contributed by atoms with Crippen LogP contribution in [0.15, 0.2) is 36.7 Å². The fourth-order valence-electron chi connectivity index (χ4n) is 3.24. The maximum absolute atomic E-state index is 11.7. The highest BCUT2D eigenvalue weighted by molar-refractivity contribution is 5.74. The van der Waals surface area contributed by atoms with Crippen molar-refractivity contribution >= 4 is 6.03 Å². The third-order valence-corrected chi connectivity index (χ3v) is 4.95. The van der Waals surface area contributed by atoms with E-state index in [9.17, 15) is 4.79 Å². The summed E-state index contributed by atoms with van der Waals surface area (Å²) in [5, 5.41) is 8.89. The highest BCUT2D eigenvalue weighted by Crippen LogP contribution is 2.21. The molecule has 2 aromatic rings. The van der Waals surface area contributed by atoms with Crippen LogP contribution >= 0.6 is 0 Å². The number of carbonyl (C=O) groups excluding carboxylic acids is 1. The molecule has 3 heterocycles. The Balaban J connectivity index is 1.76. The molecule has 0 aliphatic carbocycles. The Morgan fingerprint density at radius 1 is 1.19 bits per heavy atom. The minimum absolute atomic E-state index is 0.0789. The van der Waals surface area contributed by atoms with Crippen molar-refractivity contribution < 1.29 is 10.0 Å². The Kier molecular flexibility index (Phi) is 5.80. The number of hydrogen-bond donors (Lipinski definition) is 2. The molecule has 1 atom stereocenters. The smallest absolute Gasteiger partial charge is 0.319 e. The Hall–Kier alpha value is -2.51. The van der Waals surface area contributed by atoms with Gasteiger partial charge in [-0.3, -0.25) is 20.1 Å². The van der Waals surface area contributed by atoms with Crippen molar-refractivity contribution in [2.45, 2.75) is 39.4 Å². The van der Waals surface area contributed by atoms with E-state index in [1.165, 1.54) is 0 Å². The molecule has 0 bridgehead atoms. The fourth-order valence-corrected chi connectivity index (χ4v) is 3.24. The first kappa shape index (κ1) is 18.3. The first-order valence-corrected chi connectivity index (χ1v) is 8.82. The van der Waals surface area contributed by atoms with Crippen LogP contribution in [0, 0.1) is 13.8 Å². The number of likely N-dealkylation sites (tertiary alicyclic amines) is 1. The van der Waals surface area contributed by atoms with Crippen LogP contribution in [0.5, 0.6) is 0 Å². The van der Waals surface area contributed by atoms with E-state index < -0.39 is 6.03 Å². The Bertz CT molecular complexity index is 720. The number of amides is 2. The number of rotatable bonds is 6. The van der Waals surface area contributed by atoms with Gasteiger partial charge in [-0.05, 0) is 43.5 Å². The van der Waals surface area contributed by atoms with Crippen LogP contribution in [0.4, 0.5) is 4.79 Å². The first-order valence-electron chi connectivity index (χ1n) is 8.82. The van der Waals surface area contributed by atoms with E-state index in [-0.39, 0.29) is 6.04 Å². The monoisotopic (exact) mass is 355 g/mol. The number of urea groups is 1. The van der Waals surface area contributed by atoms with Crippen molar-refractivity contribution in [3.63, 3.8) is 0 Å². The van der Waals surface area contributed by atoms with Gasteiger partial charge in [-0.2, -0.15) is 0 Å². The minimum Gasteiger partial charge on any atom is -0.319 e. The summed E-state index contributed by atoms with van der Waals surface area (Å²) >= 11 is 0. The summed E-state index contributed by atoms with van der Waals surface area (Å²) in [5.74, 6) is 0. The van der Waals surface area contributed by atoms with Crippen molar-refractivity contribution in [1.29, 1.82) is 0 Å². The molecule has 138 valence electrons. The largest absolute Gasteiger partial charge is 0.341 e. The number of nitrogens with zero attached hydrogens (tertiary/aromatic N) is 4. The zero-order valence-electron chi connectivity index (χ0n) is 15.2. The number of aryl methyl sites for hydroxylation is 2. The van der Waals surface area contributed by atoms with E-state index in [0.717, 1.165) is 28.9 Å². The zero-order chi connectivity index (χ0) is 18.5. The molecule has 0 saturated carbocycles. The van der Waals surface area contributed by atoms with Gasteiger partial charge in [-0.25, -0.2) is 10.3 Å². The van der Waals surface area contributed by atoms with E-state index in [0.29, 0.717) is 26.2 Å². The number of nitrogens with one attached hydrogen (secondary N) is 1. The lowest BCUT2D eigenvalue weighted by Crippen LogP contribution is -2.58. The average Bonchev–Trinajstić information content (AvgIpc) is 2.62. The molecular formula is C19H25N5O2. The van der Waals surface area contributed by atoms with Crippen molar-refractivity contribution in [3.05, 3.63) is 59.2 Å². The molecule has 26 heavy (non-hydrogen) atoms. The fraction of sp³-hybridized carbons (Fsp3) is 0.421. The molecule has 0 radical (unpaired) electrons. The Morgan fingerprint density at radius 3 is 2.19 bits per heavy atom. The van der Waals surface area contributed by atoms with Gasteiger partial charge < -0.3 is 4.90 Å². The number of pyridine rings is 2. The maximum atomic E-state index is 11.7. The molecule has 0 spiro atoms. The van der Waals surface area contributed by atoms with Crippen LogP contribution < -0.4 is 5.48 Å². The number of hydroxylamine groups is 1. The molecule has 1 aliphatic heterocycles. The van der Waals surface area contributed by atoms with Crippen LogP contribution in [0.1, 0.15) is 28.9 Å². The van der Waals surface area contributed by atoms with Crippen molar-refractivity contribution in [3.8, 4) is 0 Å². The third-order valence-electron chi connectivity index (χ3n) is 4.95. The molecular weight excluding hydrogens is 330 g/mol. The third kappa shape index (κ3) is 4.17. The van der Waals surface area contributed by atoms with Crippen LogP contribution in [0.3, 0.4) is 0 Å². The van der Waals surface area contributed by atoms with Gasteiger partial charge in [0.2, 0.25) is 0 Å². The van der Waals surface area contributed by atoms with Crippen LogP contribution in [-0.4, -0.2) is 50.1 Å². The van der Waals surface area contributed by atoms with Gasteiger partial charge in [-0.1, -0.05) is 12.1 Å². The molecule has 1 fully saturated rings. The highest BCUT2D eigenvalue weighted by atomic mass is 16.5. The number of carbonyl (C=O) groups is 1. The quantitative estimate of drug-likeness (QED) is 0.614. The summed E-state index contributed by atoms with van der Waals surface area (Å²) in [6.07, 6.45) is 4.54. The van der Waals surface area contributed by atoms with E-state index in [1.54, 1.807) is 22.8 Å². The van der Waals surface area contributed by atoms with E-state index in [1.807, 2.05) is 12.1 Å². The summed E-state index contributed by atoms with van der Waals surface area (Å²) in [6.45, 7) is 6.86. The SMILES string of the molecule is Cc1cccnc1CN(Cc1ncccc1C)CC1CCN1C(=O)NO. The number of aromatic nitrogens is 2. The predicted octanol–water partition coefficient (Wildman–Crippen LogP) is 2.27. The van der Waals surface area contributed by atoms with E-state index in [4.69, 9.17) is 5.21 Å². The summed E-state index contributed by atoms with van der Waals surface area (Å²) < 4.78 is 0. The highest BCUT2D eigenvalue weighted by Gasteiger charge is 2.33. The zero-order valence-corrected chi connectivity index (χ0v) is 15.2. The van der Waals surface area contributed by atoms with Crippen molar-refractivity contribution in [1.82, 2.24) is 25.2 Å².